The van der Waals surface area contributed by atoms with E-state index < -0.39 is 0 Å². The lowest BCUT2D eigenvalue weighted by atomic mass is 10.1. The van der Waals surface area contributed by atoms with E-state index in [4.69, 9.17) is 10.3 Å². The van der Waals surface area contributed by atoms with Gasteiger partial charge in [0.1, 0.15) is 6.54 Å². The summed E-state index contributed by atoms with van der Waals surface area (Å²) in [6.45, 7) is 4.81. The second-order valence-corrected chi connectivity index (χ2v) is 4.51. The molecule has 0 bridgehead atoms. The number of hydrogen-bond donors (Lipinski definition) is 1. The number of aromatic nitrogens is 4. The van der Waals surface area contributed by atoms with Crippen molar-refractivity contribution in [2.75, 3.05) is 5.73 Å². The van der Waals surface area contributed by atoms with Crippen LogP contribution in [0.25, 0.3) is 0 Å². The van der Waals surface area contributed by atoms with E-state index in [1.165, 1.54) is 0 Å². The summed E-state index contributed by atoms with van der Waals surface area (Å²) in [5.74, 6) is 1.96. The molecule has 0 fully saturated rings. The SMILES string of the molecule is CC(C)CCc1noc(Cn2cc(N)cn2)n1. The molecule has 0 aromatic carbocycles. The zero-order valence-corrected chi connectivity index (χ0v) is 10.1. The predicted molar refractivity (Wildman–Crippen MR) is 63.2 cm³/mol. The van der Waals surface area contributed by atoms with Crippen molar-refractivity contribution >= 4 is 5.69 Å². The minimum atomic E-state index is 0.464. The fraction of sp³-hybridized carbons (Fsp3) is 0.545. The molecule has 6 nitrogen and oxygen atoms in total. The summed E-state index contributed by atoms with van der Waals surface area (Å²) in [5, 5.41) is 7.99. The van der Waals surface area contributed by atoms with Crippen LogP contribution in [-0.4, -0.2) is 19.9 Å². The van der Waals surface area contributed by atoms with Crippen LogP contribution in [0.5, 0.6) is 0 Å². The first-order valence-electron chi connectivity index (χ1n) is 5.73. The monoisotopic (exact) mass is 235 g/mol. The van der Waals surface area contributed by atoms with Gasteiger partial charge in [-0.1, -0.05) is 19.0 Å². The highest BCUT2D eigenvalue weighted by atomic mass is 16.5. The van der Waals surface area contributed by atoms with Gasteiger partial charge in [-0.15, -0.1) is 0 Å². The van der Waals surface area contributed by atoms with Gasteiger partial charge in [0.15, 0.2) is 5.82 Å². The molecule has 2 heterocycles. The Morgan fingerprint density at radius 1 is 1.47 bits per heavy atom. The van der Waals surface area contributed by atoms with Crippen molar-refractivity contribution < 1.29 is 4.52 Å². The molecule has 2 aromatic rings. The second-order valence-electron chi connectivity index (χ2n) is 4.51. The summed E-state index contributed by atoms with van der Waals surface area (Å²) in [6.07, 6.45) is 5.24. The molecule has 92 valence electrons. The minimum Gasteiger partial charge on any atom is -0.396 e. The molecule has 0 atom stereocenters. The Morgan fingerprint density at radius 2 is 2.29 bits per heavy atom. The number of nitrogens with zero attached hydrogens (tertiary/aromatic N) is 4. The van der Waals surface area contributed by atoms with E-state index in [9.17, 15) is 0 Å². The number of hydrogen-bond acceptors (Lipinski definition) is 5. The molecule has 2 aromatic heterocycles. The second kappa shape index (κ2) is 4.99. The Hall–Kier alpha value is -1.85. The molecule has 0 aliphatic rings. The van der Waals surface area contributed by atoms with Crippen LogP contribution in [0.3, 0.4) is 0 Å². The largest absolute Gasteiger partial charge is 0.396 e. The summed E-state index contributed by atoms with van der Waals surface area (Å²) in [4.78, 5) is 4.31. The van der Waals surface area contributed by atoms with E-state index in [0.29, 0.717) is 24.0 Å². The average molecular weight is 235 g/mol. The number of anilines is 1. The number of aryl methyl sites for hydroxylation is 1. The predicted octanol–water partition coefficient (Wildman–Crippen LogP) is 1.49. The molecule has 2 rings (SSSR count). The van der Waals surface area contributed by atoms with Gasteiger partial charge in [-0.05, 0) is 12.3 Å². The summed E-state index contributed by atoms with van der Waals surface area (Å²) < 4.78 is 6.82. The fourth-order valence-electron chi connectivity index (χ4n) is 1.48. The molecule has 0 saturated carbocycles. The van der Waals surface area contributed by atoms with Crippen LogP contribution < -0.4 is 5.73 Å². The van der Waals surface area contributed by atoms with Gasteiger partial charge in [0.25, 0.3) is 0 Å². The highest BCUT2D eigenvalue weighted by Crippen LogP contribution is 2.07. The molecule has 0 radical (unpaired) electrons. The summed E-state index contributed by atoms with van der Waals surface area (Å²) in [5.41, 5.74) is 6.20. The van der Waals surface area contributed by atoms with Crippen LogP contribution in [0.15, 0.2) is 16.9 Å². The zero-order valence-electron chi connectivity index (χ0n) is 10.1. The molecule has 0 aliphatic carbocycles. The van der Waals surface area contributed by atoms with Gasteiger partial charge in [0.2, 0.25) is 5.89 Å². The maximum Gasteiger partial charge on any atom is 0.248 e. The molecule has 0 unspecified atom stereocenters. The summed E-state index contributed by atoms with van der Waals surface area (Å²) >= 11 is 0. The molecule has 6 heteroatoms. The third-order valence-electron chi connectivity index (χ3n) is 2.41. The van der Waals surface area contributed by atoms with Gasteiger partial charge in [0, 0.05) is 12.6 Å². The summed E-state index contributed by atoms with van der Waals surface area (Å²) in [6, 6.07) is 0. The first-order valence-corrected chi connectivity index (χ1v) is 5.73. The van der Waals surface area contributed by atoms with Gasteiger partial charge in [0.05, 0.1) is 11.9 Å². The quantitative estimate of drug-likeness (QED) is 0.848. The van der Waals surface area contributed by atoms with Crippen molar-refractivity contribution in [1.29, 1.82) is 0 Å². The first kappa shape index (κ1) is 11.6. The van der Waals surface area contributed by atoms with Crippen LogP contribution in [0.4, 0.5) is 5.69 Å². The molecule has 17 heavy (non-hydrogen) atoms. The van der Waals surface area contributed by atoms with Crippen LogP contribution in [-0.2, 0) is 13.0 Å². The third-order valence-corrected chi connectivity index (χ3v) is 2.41. The number of nitrogen functional groups attached to an aromatic ring is 1. The molecule has 0 amide bonds. The van der Waals surface area contributed by atoms with E-state index in [0.717, 1.165) is 18.7 Å². The lowest BCUT2D eigenvalue weighted by molar-refractivity contribution is 0.360. The van der Waals surface area contributed by atoms with E-state index in [2.05, 4.69) is 29.1 Å². The number of nitrogens with two attached hydrogens (primary N) is 1. The van der Waals surface area contributed by atoms with Gasteiger partial charge in [-0.3, -0.25) is 4.68 Å². The van der Waals surface area contributed by atoms with Gasteiger partial charge >= 0.3 is 0 Å². The molecule has 0 saturated heterocycles. The van der Waals surface area contributed by atoms with Crippen LogP contribution in [0.2, 0.25) is 0 Å². The van der Waals surface area contributed by atoms with Crippen LogP contribution in [0.1, 0.15) is 32.0 Å². The highest BCUT2D eigenvalue weighted by Gasteiger charge is 2.08. The lowest BCUT2D eigenvalue weighted by Crippen LogP contribution is -2.00. The fourth-order valence-corrected chi connectivity index (χ4v) is 1.48. The maximum absolute atomic E-state index is 5.57. The topological polar surface area (TPSA) is 82.8 Å². The Labute approximate surface area is 99.8 Å². The normalized spacial score (nSPS) is 11.2. The molecule has 0 spiro atoms. The van der Waals surface area contributed by atoms with E-state index in [1.54, 1.807) is 17.1 Å². The van der Waals surface area contributed by atoms with Crippen LogP contribution >= 0.6 is 0 Å². The van der Waals surface area contributed by atoms with Crippen molar-refractivity contribution in [3.63, 3.8) is 0 Å². The zero-order chi connectivity index (χ0) is 12.3. The van der Waals surface area contributed by atoms with Crippen molar-refractivity contribution in [3.05, 3.63) is 24.1 Å². The molecule has 2 N–H and O–H groups in total. The molecular weight excluding hydrogens is 218 g/mol. The van der Waals surface area contributed by atoms with E-state index >= 15 is 0 Å². The van der Waals surface area contributed by atoms with Crippen molar-refractivity contribution in [2.24, 2.45) is 5.92 Å². The highest BCUT2D eigenvalue weighted by molar-refractivity contribution is 5.30. The Kier molecular flexibility index (Phi) is 3.41. The van der Waals surface area contributed by atoms with Gasteiger partial charge in [-0.2, -0.15) is 10.1 Å². The molecule has 0 aliphatic heterocycles. The minimum absolute atomic E-state index is 0.464. The molecular formula is C11H17N5O. The van der Waals surface area contributed by atoms with Gasteiger partial charge in [-0.25, -0.2) is 0 Å². The first-order chi connectivity index (χ1) is 8.13. The van der Waals surface area contributed by atoms with Crippen molar-refractivity contribution in [3.8, 4) is 0 Å². The summed E-state index contributed by atoms with van der Waals surface area (Å²) in [7, 11) is 0. The van der Waals surface area contributed by atoms with E-state index in [1.807, 2.05) is 0 Å². The Morgan fingerprint density at radius 3 is 2.94 bits per heavy atom. The Bertz CT molecular complexity index is 474. The van der Waals surface area contributed by atoms with Crippen molar-refractivity contribution in [2.45, 2.75) is 33.2 Å². The lowest BCUT2D eigenvalue weighted by Gasteiger charge is -1.98. The van der Waals surface area contributed by atoms with E-state index in [-0.39, 0.29) is 0 Å². The number of rotatable bonds is 5. The average Bonchev–Trinajstić information content (AvgIpc) is 2.86. The standard InChI is InChI=1S/C11H17N5O/c1-8(2)3-4-10-14-11(17-15-10)7-16-6-9(12)5-13-16/h5-6,8H,3-4,7,12H2,1-2H3. The smallest absolute Gasteiger partial charge is 0.248 e. The maximum atomic E-state index is 5.57. The van der Waals surface area contributed by atoms with Gasteiger partial charge < -0.3 is 10.3 Å². The van der Waals surface area contributed by atoms with Crippen molar-refractivity contribution in [1.82, 2.24) is 19.9 Å². The Balaban J connectivity index is 1.94. The van der Waals surface area contributed by atoms with Crippen LogP contribution in [0, 0.1) is 5.92 Å². The third kappa shape index (κ3) is 3.30.